The van der Waals surface area contributed by atoms with Gasteiger partial charge in [-0.15, -0.1) is 0 Å². The summed E-state index contributed by atoms with van der Waals surface area (Å²) in [4.78, 5) is 36.6. The summed E-state index contributed by atoms with van der Waals surface area (Å²) >= 11 is 6.34. The molecule has 0 bridgehead atoms. The van der Waals surface area contributed by atoms with Gasteiger partial charge in [0.2, 0.25) is 17.8 Å². The molecule has 212 valence electrons. The fourth-order valence-electron chi connectivity index (χ4n) is 4.52. The van der Waals surface area contributed by atoms with Crippen molar-refractivity contribution in [2.24, 2.45) is 0 Å². The zero-order valence-corrected chi connectivity index (χ0v) is 24.8. The van der Waals surface area contributed by atoms with Gasteiger partial charge in [0, 0.05) is 38.2 Å². The number of halogens is 1. The second-order valence-corrected chi connectivity index (χ2v) is 11.0. The second-order valence-electron chi connectivity index (χ2n) is 10.7. The Balaban J connectivity index is 1.69. The van der Waals surface area contributed by atoms with Crippen LogP contribution < -0.4 is 25.2 Å². The predicted octanol–water partition coefficient (Wildman–Crippen LogP) is 4.53. The van der Waals surface area contributed by atoms with E-state index >= 15 is 0 Å². The summed E-state index contributed by atoms with van der Waals surface area (Å²) in [5, 5.41) is 6.65. The molecule has 1 amide bonds. The summed E-state index contributed by atoms with van der Waals surface area (Å²) in [6.07, 6.45) is 2.69. The molecular formula is C28H36ClN9O2. The number of amides is 1. The second kappa shape index (κ2) is 11.6. The van der Waals surface area contributed by atoms with Gasteiger partial charge in [0.25, 0.3) is 0 Å². The van der Waals surface area contributed by atoms with E-state index < -0.39 is 0 Å². The number of aromatic nitrogens is 4. The van der Waals surface area contributed by atoms with E-state index in [-0.39, 0.29) is 11.3 Å². The predicted molar refractivity (Wildman–Crippen MR) is 161 cm³/mol. The summed E-state index contributed by atoms with van der Waals surface area (Å²) in [5.41, 5.74) is 4.42. The van der Waals surface area contributed by atoms with Gasteiger partial charge in [0.05, 0.1) is 35.6 Å². The molecule has 40 heavy (non-hydrogen) atoms. The molecule has 0 saturated carbocycles. The number of rotatable bonds is 10. The molecule has 0 atom stereocenters. The Hall–Kier alpha value is -3.96. The molecule has 0 unspecified atom stereocenters. The number of methoxy groups -OCH3 is 1. The number of hydrogen-bond acceptors (Lipinski definition) is 10. The highest BCUT2D eigenvalue weighted by atomic mass is 35.5. The first-order valence-corrected chi connectivity index (χ1v) is 13.2. The number of hydrogen-bond donors (Lipinski definition) is 2. The molecule has 0 spiro atoms. The van der Waals surface area contributed by atoms with Crippen molar-refractivity contribution in [1.29, 1.82) is 0 Å². The lowest BCUT2D eigenvalue weighted by Gasteiger charge is -2.26. The Morgan fingerprint density at radius 1 is 1.18 bits per heavy atom. The van der Waals surface area contributed by atoms with E-state index in [1.54, 1.807) is 13.2 Å². The van der Waals surface area contributed by atoms with Crippen LogP contribution in [0.5, 0.6) is 5.75 Å². The highest BCUT2D eigenvalue weighted by Gasteiger charge is 2.39. The Labute approximate surface area is 240 Å². The van der Waals surface area contributed by atoms with Crippen LogP contribution in [0.4, 0.5) is 34.6 Å². The normalized spacial score (nSPS) is 13.7. The minimum atomic E-state index is -0.319. The van der Waals surface area contributed by atoms with Crippen molar-refractivity contribution in [2.45, 2.75) is 26.2 Å². The number of fused-ring (bicyclic) bond motifs is 1. The topological polar surface area (TPSA) is 112 Å². The first-order valence-electron chi connectivity index (χ1n) is 12.9. The zero-order valence-electron chi connectivity index (χ0n) is 24.0. The number of nitrogens with one attached hydrogen (secondary N) is 2. The summed E-state index contributed by atoms with van der Waals surface area (Å²) in [7, 11) is 7.58. The monoisotopic (exact) mass is 565 g/mol. The molecule has 1 aliphatic heterocycles. The van der Waals surface area contributed by atoms with Crippen LogP contribution in [0.25, 0.3) is 0 Å². The summed E-state index contributed by atoms with van der Waals surface area (Å²) in [6.45, 7) is 11.9. The number of carbonyl (C=O) groups excluding carboxylic acids is 1. The van der Waals surface area contributed by atoms with Gasteiger partial charge in [-0.3, -0.25) is 4.79 Å². The molecule has 12 heteroatoms. The third kappa shape index (κ3) is 6.10. The molecule has 1 aromatic carbocycles. The van der Waals surface area contributed by atoms with Crippen LogP contribution >= 0.6 is 11.6 Å². The number of anilines is 6. The SMILES string of the molecule is C=CC(=O)Nc1cc(Nc2ncnc(N3CC(C)(C)c4nc(Cl)c(C)cc43)n2)c(OC)cc1N(C)CCN(C)C. The van der Waals surface area contributed by atoms with Crippen molar-refractivity contribution in [2.75, 3.05) is 68.3 Å². The summed E-state index contributed by atoms with van der Waals surface area (Å²) < 4.78 is 5.71. The van der Waals surface area contributed by atoms with E-state index in [0.717, 1.165) is 35.7 Å². The number of carbonyl (C=O) groups is 1. The number of nitrogens with zero attached hydrogens (tertiary/aromatic N) is 7. The smallest absolute Gasteiger partial charge is 0.247 e. The minimum Gasteiger partial charge on any atom is -0.494 e. The van der Waals surface area contributed by atoms with Gasteiger partial charge in [-0.25, -0.2) is 15.0 Å². The Morgan fingerprint density at radius 3 is 2.60 bits per heavy atom. The van der Waals surface area contributed by atoms with Crippen LogP contribution in [0.15, 0.2) is 37.2 Å². The molecule has 3 aromatic rings. The third-order valence-corrected chi connectivity index (χ3v) is 7.10. The van der Waals surface area contributed by atoms with Crippen LogP contribution in [-0.2, 0) is 10.2 Å². The van der Waals surface area contributed by atoms with E-state index in [2.05, 4.69) is 55.8 Å². The lowest BCUT2D eigenvalue weighted by molar-refractivity contribution is -0.111. The number of likely N-dealkylation sites (N-methyl/N-ethyl adjacent to an activating group) is 2. The molecule has 2 aromatic heterocycles. The van der Waals surface area contributed by atoms with Gasteiger partial charge in [-0.05, 0) is 44.8 Å². The lowest BCUT2D eigenvalue weighted by atomic mass is 9.91. The van der Waals surface area contributed by atoms with Crippen molar-refractivity contribution in [3.63, 3.8) is 0 Å². The van der Waals surface area contributed by atoms with E-state index in [9.17, 15) is 4.79 Å². The Bertz CT molecular complexity index is 1430. The lowest BCUT2D eigenvalue weighted by Crippen LogP contribution is -2.29. The van der Waals surface area contributed by atoms with E-state index in [1.165, 1.54) is 12.4 Å². The maximum atomic E-state index is 12.3. The Kier molecular flexibility index (Phi) is 8.45. The third-order valence-electron chi connectivity index (χ3n) is 6.72. The first kappa shape index (κ1) is 29.0. The van der Waals surface area contributed by atoms with Gasteiger partial charge in [-0.1, -0.05) is 32.0 Å². The molecule has 0 radical (unpaired) electrons. The molecule has 0 saturated heterocycles. The fourth-order valence-corrected chi connectivity index (χ4v) is 4.66. The highest BCUT2D eigenvalue weighted by molar-refractivity contribution is 6.30. The Morgan fingerprint density at radius 2 is 1.93 bits per heavy atom. The minimum absolute atomic E-state index is 0.247. The van der Waals surface area contributed by atoms with Crippen molar-refractivity contribution in [3.8, 4) is 5.75 Å². The summed E-state index contributed by atoms with van der Waals surface area (Å²) in [6, 6.07) is 5.68. The van der Waals surface area contributed by atoms with Crippen molar-refractivity contribution in [1.82, 2.24) is 24.8 Å². The van der Waals surface area contributed by atoms with Crippen molar-refractivity contribution >= 4 is 52.2 Å². The maximum absolute atomic E-state index is 12.3. The van der Waals surface area contributed by atoms with Crippen molar-refractivity contribution in [3.05, 3.63) is 53.6 Å². The van der Waals surface area contributed by atoms with Gasteiger partial charge >= 0.3 is 0 Å². The maximum Gasteiger partial charge on any atom is 0.247 e. The highest BCUT2D eigenvalue weighted by Crippen LogP contribution is 2.44. The van der Waals surface area contributed by atoms with Gasteiger partial charge in [0.15, 0.2) is 0 Å². The van der Waals surface area contributed by atoms with E-state index in [1.807, 2.05) is 45.1 Å². The number of benzene rings is 1. The zero-order chi connectivity index (χ0) is 29.2. The van der Waals surface area contributed by atoms with Crippen molar-refractivity contribution < 1.29 is 9.53 Å². The molecule has 3 heterocycles. The van der Waals surface area contributed by atoms with Crippen LogP contribution in [0, 0.1) is 6.92 Å². The fraction of sp³-hybridized carbons (Fsp3) is 0.393. The standard InChI is InChI=1S/C28H36ClN9O2/c1-9-23(39)32-18-13-19(22(40-8)14-20(18)37(7)11-10-36(5)6)33-26-30-16-31-27(35-26)38-15-28(3,4)24-21(38)12-17(2)25(29)34-24/h9,12-14,16H,1,10-11,15H2,2-8H3,(H,32,39)(H,30,31,33,35). The quantitative estimate of drug-likeness (QED) is 0.268. The molecule has 0 fully saturated rings. The largest absolute Gasteiger partial charge is 0.494 e. The van der Waals surface area contributed by atoms with Gasteiger partial charge in [-0.2, -0.15) is 4.98 Å². The van der Waals surface area contributed by atoms with E-state index in [0.29, 0.717) is 40.7 Å². The first-order chi connectivity index (χ1) is 18.9. The van der Waals surface area contributed by atoms with Crippen LogP contribution in [-0.4, -0.2) is 78.6 Å². The summed E-state index contributed by atoms with van der Waals surface area (Å²) in [5.74, 6) is 1.04. The molecule has 1 aliphatic rings. The van der Waals surface area contributed by atoms with Gasteiger partial charge < -0.3 is 30.1 Å². The van der Waals surface area contributed by atoms with Crippen LogP contribution in [0.1, 0.15) is 25.1 Å². The number of ether oxygens (including phenoxy) is 1. The molecule has 2 N–H and O–H groups in total. The average Bonchev–Trinajstić information content (AvgIpc) is 3.17. The average molecular weight is 566 g/mol. The van der Waals surface area contributed by atoms with Crippen LogP contribution in [0.3, 0.4) is 0 Å². The number of aryl methyl sites for hydroxylation is 1. The van der Waals surface area contributed by atoms with Gasteiger partial charge in [0.1, 0.15) is 17.2 Å². The van der Waals surface area contributed by atoms with E-state index in [4.69, 9.17) is 21.3 Å². The molecule has 4 rings (SSSR count). The molecule has 11 nitrogen and oxygen atoms in total. The van der Waals surface area contributed by atoms with Crippen LogP contribution in [0.2, 0.25) is 5.15 Å². The molecule has 0 aliphatic carbocycles. The molecular weight excluding hydrogens is 530 g/mol. The number of pyridine rings is 1.